The summed E-state index contributed by atoms with van der Waals surface area (Å²) in [7, 11) is 0. The highest BCUT2D eigenvalue weighted by Gasteiger charge is 2.18. The maximum Gasteiger partial charge on any atom is 0.169 e. The van der Waals surface area contributed by atoms with Gasteiger partial charge < -0.3 is 34.0 Å². The van der Waals surface area contributed by atoms with E-state index in [1.165, 1.54) is 136 Å². The van der Waals surface area contributed by atoms with Crippen LogP contribution in [0.15, 0.2) is 110 Å². The van der Waals surface area contributed by atoms with Crippen LogP contribution in [0.2, 0.25) is 0 Å². The van der Waals surface area contributed by atoms with Crippen molar-refractivity contribution in [2.75, 3.05) is 0 Å². The van der Waals surface area contributed by atoms with Crippen molar-refractivity contribution in [3.05, 3.63) is 132 Å². The second kappa shape index (κ2) is 25.4. The fourth-order valence-electron chi connectivity index (χ4n) is 6.52. The first-order valence-electron chi connectivity index (χ1n) is 18.6. The minimum absolute atomic E-state index is 0. The van der Waals surface area contributed by atoms with Gasteiger partial charge in [0.2, 0.25) is 0 Å². The molecular formula is C44H60Br2N2. The lowest BCUT2D eigenvalue weighted by atomic mass is 9.86. The molecule has 0 spiro atoms. The van der Waals surface area contributed by atoms with Crippen molar-refractivity contribution in [2.45, 2.75) is 130 Å². The minimum Gasteiger partial charge on any atom is -1.00 e. The van der Waals surface area contributed by atoms with E-state index in [2.05, 4.69) is 133 Å². The normalized spacial score (nSPS) is 10.6. The van der Waals surface area contributed by atoms with Gasteiger partial charge in [-0.25, -0.2) is 9.13 Å². The molecule has 0 N–H and O–H groups in total. The Morgan fingerprint density at radius 2 is 0.625 bits per heavy atom. The molecule has 0 aliphatic heterocycles. The van der Waals surface area contributed by atoms with Crippen LogP contribution in [0.1, 0.15) is 139 Å². The zero-order valence-corrected chi connectivity index (χ0v) is 32.9. The van der Waals surface area contributed by atoms with Crippen LogP contribution in [0.5, 0.6) is 0 Å². The average molecular weight is 777 g/mol. The van der Waals surface area contributed by atoms with Crippen LogP contribution in [-0.4, -0.2) is 0 Å². The molecule has 0 unspecified atom stereocenters. The molecule has 0 aliphatic carbocycles. The van der Waals surface area contributed by atoms with Gasteiger partial charge in [0.1, 0.15) is 13.1 Å². The standard InChI is InChI=1S/C44H60N2.2BrH/c1-3-5-7-9-11-13-15-23-33-45-35-29-41(30-36-45)44(43(39-25-19-17-20-26-39)40-27-21-18-22-28-40)42-31-37-46(38-32-42)34-24-16-14-12-10-8-6-4-2;;/h17-22,25-32,35-38H,3-16,23-24,33-34H2,1-2H3;2*1H/q+2;;/p-2. The largest absolute Gasteiger partial charge is 1.00 e. The summed E-state index contributed by atoms with van der Waals surface area (Å²) in [6.07, 6.45) is 30.8. The van der Waals surface area contributed by atoms with Gasteiger partial charge in [-0.05, 0) is 46.2 Å². The maximum absolute atomic E-state index is 2.37. The molecule has 4 rings (SSSR count). The Bertz CT molecular complexity index is 1280. The van der Waals surface area contributed by atoms with Crippen molar-refractivity contribution in [1.29, 1.82) is 0 Å². The molecule has 2 nitrogen and oxygen atoms in total. The van der Waals surface area contributed by atoms with Crippen LogP contribution >= 0.6 is 0 Å². The van der Waals surface area contributed by atoms with Gasteiger partial charge in [-0.1, -0.05) is 152 Å². The summed E-state index contributed by atoms with van der Waals surface area (Å²) in [6, 6.07) is 31.1. The summed E-state index contributed by atoms with van der Waals surface area (Å²) in [5.74, 6) is 0. The lowest BCUT2D eigenvalue weighted by Crippen LogP contribution is -3.00. The van der Waals surface area contributed by atoms with Crippen molar-refractivity contribution in [2.24, 2.45) is 0 Å². The van der Waals surface area contributed by atoms with Gasteiger partial charge in [0.05, 0.1) is 0 Å². The number of rotatable bonds is 22. The van der Waals surface area contributed by atoms with Crippen LogP contribution in [0.4, 0.5) is 0 Å². The molecule has 0 bridgehead atoms. The molecule has 4 aromatic rings. The van der Waals surface area contributed by atoms with E-state index in [4.69, 9.17) is 0 Å². The zero-order chi connectivity index (χ0) is 32.1. The third kappa shape index (κ3) is 14.5. The Hall–Kier alpha value is -2.56. The molecule has 0 atom stereocenters. The highest BCUT2D eigenvalue weighted by atomic mass is 79.9. The molecule has 0 fully saturated rings. The number of hydrogen-bond acceptors (Lipinski definition) is 0. The Labute approximate surface area is 314 Å². The number of halogens is 2. The highest BCUT2D eigenvalue weighted by molar-refractivity contribution is 6.04. The van der Waals surface area contributed by atoms with E-state index in [0.29, 0.717) is 0 Å². The second-order valence-electron chi connectivity index (χ2n) is 13.1. The Morgan fingerprint density at radius 3 is 0.938 bits per heavy atom. The van der Waals surface area contributed by atoms with E-state index in [-0.39, 0.29) is 34.0 Å². The molecule has 2 heterocycles. The van der Waals surface area contributed by atoms with Crippen molar-refractivity contribution in [1.82, 2.24) is 0 Å². The first-order chi connectivity index (χ1) is 22.8. The van der Waals surface area contributed by atoms with Crippen LogP contribution in [0.25, 0.3) is 11.1 Å². The SMILES string of the molecule is CCCCCCCCCC[n+]1ccc(C(=C(c2ccccc2)c2ccccc2)c2cc[n+](CCCCCCCCCC)cc2)cc1.[Br-].[Br-]. The fraction of sp³-hybridized carbons (Fsp3) is 0.455. The summed E-state index contributed by atoms with van der Waals surface area (Å²) in [6.45, 7) is 6.75. The summed E-state index contributed by atoms with van der Waals surface area (Å²) in [5.41, 5.74) is 7.58. The van der Waals surface area contributed by atoms with Gasteiger partial charge in [0.15, 0.2) is 24.8 Å². The van der Waals surface area contributed by atoms with Gasteiger partial charge in [-0.2, -0.15) is 0 Å². The molecular weight excluding hydrogens is 716 g/mol. The first kappa shape index (κ1) is 41.6. The molecule has 48 heavy (non-hydrogen) atoms. The van der Waals surface area contributed by atoms with E-state index in [1.54, 1.807) is 0 Å². The molecule has 2 aromatic carbocycles. The van der Waals surface area contributed by atoms with Crippen LogP contribution in [0.3, 0.4) is 0 Å². The predicted octanol–water partition coefficient (Wildman–Crippen LogP) is 5.56. The number of aryl methyl sites for hydroxylation is 2. The first-order valence-corrected chi connectivity index (χ1v) is 18.6. The number of benzene rings is 2. The van der Waals surface area contributed by atoms with Crippen molar-refractivity contribution in [3.63, 3.8) is 0 Å². The molecule has 0 amide bonds. The fourth-order valence-corrected chi connectivity index (χ4v) is 6.52. The second-order valence-corrected chi connectivity index (χ2v) is 13.1. The third-order valence-electron chi connectivity index (χ3n) is 9.27. The smallest absolute Gasteiger partial charge is 0.169 e. The summed E-state index contributed by atoms with van der Waals surface area (Å²) < 4.78 is 4.73. The number of hydrogen-bond donors (Lipinski definition) is 0. The Balaban J connectivity index is 0.00000400. The lowest BCUT2D eigenvalue weighted by Gasteiger charge is -2.17. The predicted molar refractivity (Wildman–Crippen MR) is 196 cm³/mol. The third-order valence-corrected chi connectivity index (χ3v) is 9.27. The molecule has 2 aromatic heterocycles. The average Bonchev–Trinajstić information content (AvgIpc) is 3.11. The number of unbranched alkanes of at least 4 members (excludes halogenated alkanes) is 14. The van der Waals surface area contributed by atoms with E-state index in [1.807, 2.05) is 0 Å². The Morgan fingerprint density at radius 1 is 0.354 bits per heavy atom. The molecule has 260 valence electrons. The topological polar surface area (TPSA) is 7.76 Å². The van der Waals surface area contributed by atoms with E-state index in [0.717, 1.165) is 13.1 Å². The quantitative estimate of drug-likeness (QED) is 0.0731. The molecule has 0 radical (unpaired) electrons. The van der Waals surface area contributed by atoms with Crippen LogP contribution in [-0.2, 0) is 13.1 Å². The van der Waals surface area contributed by atoms with E-state index >= 15 is 0 Å². The Kier molecular flexibility index (Phi) is 22.0. The van der Waals surface area contributed by atoms with Gasteiger partial charge in [-0.15, -0.1) is 0 Å². The maximum atomic E-state index is 2.37. The lowest BCUT2D eigenvalue weighted by molar-refractivity contribution is -0.697. The summed E-state index contributed by atoms with van der Waals surface area (Å²) in [4.78, 5) is 0. The van der Waals surface area contributed by atoms with Gasteiger partial charge in [0, 0.05) is 37.1 Å². The van der Waals surface area contributed by atoms with Crippen molar-refractivity contribution >= 4 is 11.1 Å². The van der Waals surface area contributed by atoms with E-state index < -0.39 is 0 Å². The molecule has 0 aliphatic rings. The zero-order valence-electron chi connectivity index (χ0n) is 29.8. The molecule has 0 saturated carbocycles. The van der Waals surface area contributed by atoms with Gasteiger partial charge in [0.25, 0.3) is 0 Å². The summed E-state index contributed by atoms with van der Waals surface area (Å²) >= 11 is 0. The molecule has 4 heteroatoms. The monoisotopic (exact) mass is 774 g/mol. The minimum atomic E-state index is 0. The van der Waals surface area contributed by atoms with Gasteiger partial charge >= 0.3 is 0 Å². The highest BCUT2D eigenvalue weighted by Crippen LogP contribution is 2.36. The van der Waals surface area contributed by atoms with Crippen molar-refractivity contribution in [3.8, 4) is 0 Å². The number of pyridine rings is 2. The van der Waals surface area contributed by atoms with Gasteiger partial charge in [-0.3, -0.25) is 0 Å². The van der Waals surface area contributed by atoms with Crippen LogP contribution in [0, 0.1) is 0 Å². The van der Waals surface area contributed by atoms with Crippen molar-refractivity contribution < 1.29 is 43.1 Å². The van der Waals surface area contributed by atoms with E-state index in [9.17, 15) is 0 Å². The summed E-state index contributed by atoms with van der Waals surface area (Å²) in [5, 5.41) is 0. The number of nitrogens with zero attached hydrogens (tertiary/aromatic N) is 2. The molecule has 0 saturated heterocycles. The van der Waals surface area contributed by atoms with Crippen LogP contribution < -0.4 is 43.1 Å². The number of aromatic nitrogens is 2.